The van der Waals surface area contributed by atoms with Gasteiger partial charge >= 0.3 is 0 Å². The molecule has 1 amide bonds. The van der Waals surface area contributed by atoms with Gasteiger partial charge < -0.3 is 25.6 Å². The Hall–Kier alpha value is -2.80. The van der Waals surface area contributed by atoms with E-state index in [-0.39, 0.29) is 18.4 Å². The summed E-state index contributed by atoms with van der Waals surface area (Å²) < 4.78 is 6.47. The third-order valence-corrected chi connectivity index (χ3v) is 7.28. The Kier molecular flexibility index (Phi) is 6.87. The van der Waals surface area contributed by atoms with Gasteiger partial charge in [-0.05, 0) is 24.7 Å². The quantitative estimate of drug-likeness (QED) is 0.191. The van der Waals surface area contributed by atoms with Crippen LogP contribution in [-0.4, -0.2) is 85.8 Å². The largest absolute Gasteiger partial charge is 0.390 e. The van der Waals surface area contributed by atoms with Gasteiger partial charge in [-0.2, -0.15) is 0 Å². The fourth-order valence-corrected chi connectivity index (χ4v) is 5.10. The zero-order valence-electron chi connectivity index (χ0n) is 19.5. The Morgan fingerprint density at radius 1 is 1.20 bits per heavy atom. The lowest BCUT2D eigenvalue weighted by Gasteiger charge is -2.17. The van der Waals surface area contributed by atoms with Crippen LogP contribution in [0.1, 0.15) is 30.4 Å². The Bertz CT molecular complexity index is 1190. The summed E-state index contributed by atoms with van der Waals surface area (Å²) in [5.41, 5.74) is 2.23. The molecule has 2 saturated carbocycles. The lowest BCUT2D eigenvalue weighted by atomic mass is 10.0. The minimum Gasteiger partial charge on any atom is -0.390 e. The SMILES string of the molecule is COCCNC(=O)[C@@H]1C[C@H](n2nnc3c(NC4CC4c4ccccc4)nc(SC)nc32)[C@@H](O)[C@H]1O. The number of rotatable bonds is 9. The van der Waals surface area contributed by atoms with Crippen LogP contribution >= 0.6 is 11.8 Å². The third kappa shape index (κ3) is 4.70. The number of benzene rings is 1. The highest BCUT2D eigenvalue weighted by Gasteiger charge is 2.47. The summed E-state index contributed by atoms with van der Waals surface area (Å²) in [5.74, 6) is -0.110. The second kappa shape index (κ2) is 10.1. The Labute approximate surface area is 206 Å². The molecule has 6 atom stereocenters. The molecule has 0 bridgehead atoms. The fourth-order valence-electron chi connectivity index (χ4n) is 4.74. The lowest BCUT2D eigenvalue weighted by molar-refractivity contribution is -0.129. The topological polar surface area (TPSA) is 147 Å². The molecule has 2 unspecified atom stereocenters. The van der Waals surface area contributed by atoms with Crippen molar-refractivity contribution in [3.8, 4) is 0 Å². The van der Waals surface area contributed by atoms with Crippen molar-refractivity contribution in [3.63, 3.8) is 0 Å². The Morgan fingerprint density at radius 2 is 2.00 bits per heavy atom. The van der Waals surface area contributed by atoms with E-state index in [2.05, 4.69) is 43.0 Å². The van der Waals surface area contributed by atoms with E-state index >= 15 is 0 Å². The molecule has 0 aliphatic heterocycles. The number of hydrogen-bond acceptors (Lipinski definition) is 10. The van der Waals surface area contributed by atoms with Crippen molar-refractivity contribution in [1.29, 1.82) is 0 Å². The molecule has 2 heterocycles. The molecule has 35 heavy (non-hydrogen) atoms. The van der Waals surface area contributed by atoms with Crippen LogP contribution in [0.4, 0.5) is 5.82 Å². The number of nitrogens with zero attached hydrogens (tertiary/aromatic N) is 5. The smallest absolute Gasteiger partial charge is 0.225 e. The van der Waals surface area contributed by atoms with Crippen LogP contribution < -0.4 is 10.6 Å². The number of fused-ring (bicyclic) bond motifs is 1. The number of hydrogen-bond donors (Lipinski definition) is 4. The zero-order valence-corrected chi connectivity index (χ0v) is 20.4. The van der Waals surface area contributed by atoms with Gasteiger partial charge in [-0.1, -0.05) is 47.3 Å². The highest BCUT2D eigenvalue weighted by Crippen LogP contribution is 2.43. The van der Waals surface area contributed by atoms with Gasteiger partial charge in [0.2, 0.25) is 5.91 Å². The fraction of sp³-hybridized carbons (Fsp3) is 0.522. The standard InChI is InChI=1S/C23H29N7O4S/c1-34-9-8-24-22(33)14-11-16(19(32)18(14)31)30-21-17(28-29-30)20(26-23(27-21)35-2)25-15-10-13(15)12-6-4-3-5-7-12/h3-7,13-16,18-19,31-32H,8-11H2,1-2H3,(H,24,33)(H,25,26,27)/t13?,14-,15?,16+,18+,19-/m1/s1. The van der Waals surface area contributed by atoms with Crippen molar-refractivity contribution in [2.45, 2.75) is 48.2 Å². The van der Waals surface area contributed by atoms with Gasteiger partial charge in [-0.3, -0.25) is 4.79 Å². The number of aliphatic hydroxyl groups excluding tert-OH is 2. The van der Waals surface area contributed by atoms with Crippen LogP contribution in [0.15, 0.2) is 35.5 Å². The maximum atomic E-state index is 12.6. The molecule has 0 spiro atoms. The second-order valence-electron chi connectivity index (χ2n) is 8.94. The zero-order chi connectivity index (χ0) is 24.5. The molecule has 2 fully saturated rings. The third-order valence-electron chi connectivity index (χ3n) is 6.73. The molecule has 1 aromatic carbocycles. The van der Waals surface area contributed by atoms with Gasteiger partial charge in [-0.15, -0.1) is 5.10 Å². The number of thioether (sulfide) groups is 1. The summed E-state index contributed by atoms with van der Waals surface area (Å²) in [5, 5.41) is 36.7. The number of amides is 1. The van der Waals surface area contributed by atoms with Crippen LogP contribution in [0.5, 0.6) is 0 Å². The molecule has 186 valence electrons. The van der Waals surface area contributed by atoms with Crippen LogP contribution in [-0.2, 0) is 9.53 Å². The van der Waals surface area contributed by atoms with Crippen molar-refractivity contribution in [2.75, 3.05) is 31.8 Å². The van der Waals surface area contributed by atoms with Crippen molar-refractivity contribution in [3.05, 3.63) is 35.9 Å². The summed E-state index contributed by atoms with van der Waals surface area (Å²) >= 11 is 1.40. The predicted octanol–water partition coefficient (Wildman–Crippen LogP) is 0.957. The second-order valence-corrected chi connectivity index (χ2v) is 9.72. The van der Waals surface area contributed by atoms with Gasteiger partial charge in [0.15, 0.2) is 22.1 Å². The van der Waals surface area contributed by atoms with E-state index in [0.717, 1.165) is 6.42 Å². The molecule has 2 aromatic heterocycles. The molecule has 4 N–H and O–H groups in total. The van der Waals surface area contributed by atoms with Crippen LogP contribution in [0.3, 0.4) is 0 Å². The Balaban J connectivity index is 1.38. The van der Waals surface area contributed by atoms with Crippen molar-refractivity contribution in [2.24, 2.45) is 5.92 Å². The van der Waals surface area contributed by atoms with E-state index in [4.69, 9.17) is 4.74 Å². The van der Waals surface area contributed by atoms with Gasteiger partial charge in [0.1, 0.15) is 6.10 Å². The number of aromatic nitrogens is 5. The lowest BCUT2D eigenvalue weighted by Crippen LogP contribution is -2.39. The number of nitrogens with one attached hydrogen (secondary N) is 2. The number of aliphatic hydroxyl groups is 2. The maximum Gasteiger partial charge on any atom is 0.225 e. The maximum absolute atomic E-state index is 12.6. The van der Waals surface area contributed by atoms with Crippen molar-refractivity contribution >= 4 is 34.7 Å². The summed E-state index contributed by atoms with van der Waals surface area (Å²) in [7, 11) is 1.55. The van der Waals surface area contributed by atoms with Gasteiger partial charge in [0.05, 0.1) is 24.7 Å². The Morgan fingerprint density at radius 3 is 2.74 bits per heavy atom. The molecule has 12 heteroatoms. The van der Waals surface area contributed by atoms with Crippen molar-refractivity contribution in [1.82, 2.24) is 30.3 Å². The van der Waals surface area contributed by atoms with E-state index in [1.807, 2.05) is 24.5 Å². The first-order valence-electron chi connectivity index (χ1n) is 11.6. The molecule has 0 radical (unpaired) electrons. The molecule has 2 aliphatic rings. The van der Waals surface area contributed by atoms with Gasteiger partial charge in [-0.25, -0.2) is 14.6 Å². The molecular formula is C23H29N7O4S. The van der Waals surface area contributed by atoms with Crippen LogP contribution in [0, 0.1) is 5.92 Å². The van der Waals surface area contributed by atoms with Gasteiger partial charge in [0, 0.05) is 25.6 Å². The summed E-state index contributed by atoms with van der Waals surface area (Å²) in [6.07, 6.45) is 0.676. The average molecular weight is 500 g/mol. The molecule has 5 rings (SSSR count). The summed E-state index contributed by atoms with van der Waals surface area (Å²) in [6.45, 7) is 0.695. The molecule has 2 aliphatic carbocycles. The van der Waals surface area contributed by atoms with Crippen molar-refractivity contribution < 1.29 is 19.7 Å². The van der Waals surface area contributed by atoms with Gasteiger partial charge in [0.25, 0.3) is 0 Å². The average Bonchev–Trinajstić information content (AvgIpc) is 3.41. The van der Waals surface area contributed by atoms with E-state index in [1.165, 1.54) is 22.0 Å². The number of ether oxygens (including phenoxy) is 1. The first-order chi connectivity index (χ1) is 17.0. The van der Waals surface area contributed by atoms with E-state index in [1.54, 1.807) is 7.11 Å². The summed E-state index contributed by atoms with van der Waals surface area (Å²) in [4.78, 5) is 21.8. The normalized spacial score (nSPS) is 27.8. The number of anilines is 1. The first-order valence-corrected chi connectivity index (χ1v) is 12.9. The minimum absolute atomic E-state index is 0.208. The first kappa shape index (κ1) is 23.9. The van der Waals surface area contributed by atoms with E-state index in [0.29, 0.717) is 41.2 Å². The number of carbonyl (C=O) groups is 1. The van der Waals surface area contributed by atoms with Crippen LogP contribution in [0.2, 0.25) is 0 Å². The molecular weight excluding hydrogens is 470 g/mol. The highest BCUT2D eigenvalue weighted by molar-refractivity contribution is 7.98. The number of methoxy groups -OCH3 is 1. The number of carbonyl (C=O) groups excluding carboxylic acids is 1. The highest BCUT2D eigenvalue weighted by atomic mass is 32.2. The molecule has 11 nitrogen and oxygen atoms in total. The summed E-state index contributed by atoms with van der Waals surface area (Å²) in [6, 6.07) is 9.92. The molecule has 0 saturated heterocycles. The minimum atomic E-state index is -1.22. The molecule has 3 aromatic rings. The van der Waals surface area contributed by atoms with E-state index < -0.39 is 24.2 Å². The predicted molar refractivity (Wildman–Crippen MR) is 130 cm³/mol. The van der Waals surface area contributed by atoms with E-state index in [9.17, 15) is 15.0 Å². The monoisotopic (exact) mass is 499 g/mol. The van der Waals surface area contributed by atoms with Crippen LogP contribution in [0.25, 0.3) is 11.2 Å².